The molecule has 1 aliphatic rings. The molecule has 5 nitrogen and oxygen atoms in total. The van der Waals surface area contributed by atoms with Gasteiger partial charge in [-0.1, -0.05) is 11.6 Å². The SMILES string of the molecule is CNC(=O)c1ccc(Cl)c(NC(=O)C2CCNCC2)c1. The van der Waals surface area contributed by atoms with Crippen molar-refractivity contribution < 1.29 is 9.59 Å². The Bertz CT molecular complexity index is 513. The average molecular weight is 296 g/mol. The molecule has 0 aliphatic carbocycles. The smallest absolute Gasteiger partial charge is 0.251 e. The molecule has 3 N–H and O–H groups in total. The van der Waals surface area contributed by atoms with E-state index in [0.717, 1.165) is 25.9 Å². The first kappa shape index (κ1) is 14.8. The molecule has 1 aromatic carbocycles. The topological polar surface area (TPSA) is 70.2 Å². The Morgan fingerprint density at radius 2 is 2.00 bits per heavy atom. The lowest BCUT2D eigenvalue weighted by Crippen LogP contribution is -2.34. The molecule has 1 aliphatic heterocycles. The van der Waals surface area contributed by atoms with Crippen molar-refractivity contribution in [2.45, 2.75) is 12.8 Å². The summed E-state index contributed by atoms with van der Waals surface area (Å²) in [4.78, 5) is 23.8. The first-order valence-electron chi connectivity index (χ1n) is 6.65. The van der Waals surface area contributed by atoms with Crippen LogP contribution in [-0.4, -0.2) is 32.0 Å². The summed E-state index contributed by atoms with van der Waals surface area (Å²) >= 11 is 6.07. The third kappa shape index (κ3) is 3.49. The van der Waals surface area contributed by atoms with Crippen LogP contribution in [0.25, 0.3) is 0 Å². The van der Waals surface area contributed by atoms with Gasteiger partial charge in [0.2, 0.25) is 5.91 Å². The molecule has 0 saturated carbocycles. The lowest BCUT2D eigenvalue weighted by molar-refractivity contribution is -0.120. The van der Waals surface area contributed by atoms with Crippen LogP contribution in [0.4, 0.5) is 5.69 Å². The van der Waals surface area contributed by atoms with Crippen molar-refractivity contribution >= 4 is 29.1 Å². The number of carbonyl (C=O) groups is 2. The number of nitrogens with one attached hydrogen (secondary N) is 3. The monoisotopic (exact) mass is 295 g/mol. The van der Waals surface area contributed by atoms with Crippen molar-refractivity contribution in [2.75, 3.05) is 25.5 Å². The van der Waals surface area contributed by atoms with Crippen LogP contribution < -0.4 is 16.0 Å². The highest BCUT2D eigenvalue weighted by molar-refractivity contribution is 6.33. The highest BCUT2D eigenvalue weighted by atomic mass is 35.5. The van der Waals surface area contributed by atoms with Gasteiger partial charge in [-0.3, -0.25) is 9.59 Å². The zero-order chi connectivity index (χ0) is 14.5. The number of piperidine rings is 1. The van der Waals surface area contributed by atoms with Gasteiger partial charge in [0.15, 0.2) is 0 Å². The molecule has 0 bridgehead atoms. The molecule has 6 heteroatoms. The second-order valence-electron chi connectivity index (χ2n) is 4.79. The molecule has 0 spiro atoms. The number of hydrogen-bond donors (Lipinski definition) is 3. The van der Waals surface area contributed by atoms with Crippen molar-refractivity contribution in [1.29, 1.82) is 0 Å². The van der Waals surface area contributed by atoms with Gasteiger partial charge in [0.1, 0.15) is 0 Å². The summed E-state index contributed by atoms with van der Waals surface area (Å²) in [5.74, 6) is -0.252. The molecule has 0 aromatic heterocycles. The molecule has 1 heterocycles. The van der Waals surface area contributed by atoms with E-state index in [2.05, 4.69) is 16.0 Å². The van der Waals surface area contributed by atoms with E-state index in [9.17, 15) is 9.59 Å². The molecule has 0 atom stereocenters. The molecule has 1 fully saturated rings. The molecule has 20 heavy (non-hydrogen) atoms. The molecule has 2 amide bonds. The molecule has 2 rings (SSSR count). The molecule has 0 unspecified atom stereocenters. The summed E-state index contributed by atoms with van der Waals surface area (Å²) in [5.41, 5.74) is 0.953. The minimum atomic E-state index is -0.209. The van der Waals surface area contributed by atoms with Crippen molar-refractivity contribution in [3.8, 4) is 0 Å². The molecule has 108 valence electrons. The Hall–Kier alpha value is -1.59. The number of halogens is 1. The first-order valence-corrected chi connectivity index (χ1v) is 7.03. The third-order valence-corrected chi connectivity index (χ3v) is 3.75. The lowest BCUT2D eigenvalue weighted by atomic mass is 9.97. The van der Waals surface area contributed by atoms with Gasteiger partial charge < -0.3 is 16.0 Å². The lowest BCUT2D eigenvalue weighted by Gasteiger charge is -2.22. The number of hydrogen-bond acceptors (Lipinski definition) is 3. The molecule has 0 radical (unpaired) electrons. The standard InChI is InChI=1S/C14H18ClN3O2/c1-16-13(19)10-2-3-11(15)12(8-10)18-14(20)9-4-6-17-7-5-9/h2-3,8-9,17H,4-7H2,1H3,(H,16,19)(H,18,20). The predicted octanol–water partition coefficient (Wildman–Crippen LogP) is 1.64. The highest BCUT2D eigenvalue weighted by Crippen LogP contribution is 2.24. The Labute approximate surface area is 123 Å². The number of anilines is 1. The van der Waals surface area contributed by atoms with E-state index in [0.29, 0.717) is 16.3 Å². The van der Waals surface area contributed by atoms with Crippen molar-refractivity contribution in [3.63, 3.8) is 0 Å². The first-order chi connectivity index (χ1) is 9.61. The fourth-order valence-electron chi connectivity index (χ4n) is 2.23. The Morgan fingerprint density at radius 1 is 1.30 bits per heavy atom. The van der Waals surface area contributed by atoms with Crippen LogP contribution in [0.2, 0.25) is 5.02 Å². The molecule has 1 aromatic rings. The van der Waals surface area contributed by atoms with Crippen molar-refractivity contribution in [1.82, 2.24) is 10.6 Å². The van der Waals surface area contributed by atoms with Crippen molar-refractivity contribution in [3.05, 3.63) is 28.8 Å². The maximum absolute atomic E-state index is 12.2. The fraction of sp³-hybridized carbons (Fsp3) is 0.429. The van der Waals surface area contributed by atoms with Gasteiger partial charge >= 0.3 is 0 Å². The molecule has 1 saturated heterocycles. The van der Waals surface area contributed by atoms with E-state index >= 15 is 0 Å². The fourth-order valence-corrected chi connectivity index (χ4v) is 2.39. The van der Waals surface area contributed by atoms with Gasteiger partial charge in [0.05, 0.1) is 10.7 Å². The Kier molecular flexibility index (Phi) is 4.98. The second kappa shape index (κ2) is 6.72. The third-order valence-electron chi connectivity index (χ3n) is 3.42. The molecular weight excluding hydrogens is 278 g/mol. The van der Waals surface area contributed by atoms with Gasteiger partial charge in [-0.25, -0.2) is 0 Å². The Balaban J connectivity index is 2.11. The maximum atomic E-state index is 12.2. The van der Waals surface area contributed by atoms with Gasteiger partial charge in [-0.15, -0.1) is 0 Å². The number of benzene rings is 1. The van der Waals surface area contributed by atoms with E-state index in [1.807, 2.05) is 0 Å². The van der Waals surface area contributed by atoms with Gasteiger partial charge in [-0.05, 0) is 44.1 Å². The van der Waals surface area contributed by atoms with E-state index in [4.69, 9.17) is 11.6 Å². The van der Waals surface area contributed by atoms with Gasteiger partial charge in [0.25, 0.3) is 5.91 Å². The zero-order valence-electron chi connectivity index (χ0n) is 11.3. The summed E-state index contributed by atoms with van der Waals surface area (Å²) < 4.78 is 0. The highest BCUT2D eigenvalue weighted by Gasteiger charge is 2.21. The van der Waals surface area contributed by atoms with Crippen LogP contribution in [0.5, 0.6) is 0 Å². The molecular formula is C14H18ClN3O2. The summed E-state index contributed by atoms with van der Waals surface area (Å²) in [6.45, 7) is 1.70. The minimum Gasteiger partial charge on any atom is -0.355 e. The van der Waals surface area contributed by atoms with Crippen molar-refractivity contribution in [2.24, 2.45) is 5.92 Å². The number of rotatable bonds is 3. The maximum Gasteiger partial charge on any atom is 0.251 e. The zero-order valence-corrected chi connectivity index (χ0v) is 12.1. The van der Waals surface area contributed by atoms with Crippen LogP contribution in [0.1, 0.15) is 23.2 Å². The quantitative estimate of drug-likeness (QED) is 0.794. The van der Waals surface area contributed by atoms with Crippen LogP contribution in [0.15, 0.2) is 18.2 Å². The summed E-state index contributed by atoms with van der Waals surface area (Å²) in [7, 11) is 1.56. The van der Waals surface area contributed by atoms with Crippen LogP contribution >= 0.6 is 11.6 Å². The van der Waals surface area contributed by atoms with E-state index in [1.54, 1.807) is 25.2 Å². The largest absolute Gasteiger partial charge is 0.355 e. The van der Waals surface area contributed by atoms with Crippen LogP contribution in [-0.2, 0) is 4.79 Å². The van der Waals surface area contributed by atoms with Gasteiger partial charge in [-0.2, -0.15) is 0 Å². The summed E-state index contributed by atoms with van der Waals surface area (Å²) in [5, 5.41) is 9.01. The normalized spacial score (nSPS) is 15.7. The summed E-state index contributed by atoms with van der Waals surface area (Å²) in [6, 6.07) is 4.84. The second-order valence-corrected chi connectivity index (χ2v) is 5.19. The van der Waals surface area contributed by atoms with E-state index < -0.39 is 0 Å². The van der Waals surface area contributed by atoms with Crippen LogP contribution in [0, 0.1) is 5.92 Å². The van der Waals surface area contributed by atoms with Crippen LogP contribution in [0.3, 0.4) is 0 Å². The number of carbonyl (C=O) groups excluding carboxylic acids is 2. The predicted molar refractivity (Wildman–Crippen MR) is 79.1 cm³/mol. The van der Waals surface area contributed by atoms with E-state index in [-0.39, 0.29) is 17.7 Å². The average Bonchev–Trinajstić information content (AvgIpc) is 2.49. The summed E-state index contributed by atoms with van der Waals surface area (Å²) in [6.07, 6.45) is 1.64. The number of amides is 2. The minimum absolute atomic E-state index is 0.00373. The van der Waals surface area contributed by atoms with E-state index in [1.165, 1.54) is 0 Å². The van der Waals surface area contributed by atoms with Gasteiger partial charge in [0, 0.05) is 18.5 Å². The Morgan fingerprint density at radius 3 is 2.65 bits per heavy atom.